The number of aromatic amines is 1. The van der Waals surface area contributed by atoms with Crippen molar-refractivity contribution in [2.75, 3.05) is 0 Å². The van der Waals surface area contributed by atoms with E-state index in [0.29, 0.717) is 5.88 Å². The van der Waals surface area contributed by atoms with Gasteiger partial charge in [0.15, 0.2) is 0 Å². The summed E-state index contributed by atoms with van der Waals surface area (Å²) in [6.45, 7) is 1.35. The van der Waals surface area contributed by atoms with Gasteiger partial charge in [0.25, 0.3) is 0 Å². The van der Waals surface area contributed by atoms with Crippen molar-refractivity contribution in [2.45, 2.75) is 6.92 Å². The summed E-state index contributed by atoms with van der Waals surface area (Å²) in [6, 6.07) is 5.41. The first-order chi connectivity index (χ1) is 6.25. The molecule has 0 fully saturated rings. The van der Waals surface area contributed by atoms with Crippen LogP contribution in [0.4, 0.5) is 0 Å². The Balaban J connectivity index is 2.42. The van der Waals surface area contributed by atoms with E-state index >= 15 is 0 Å². The number of pyridine rings is 1. The summed E-state index contributed by atoms with van der Waals surface area (Å²) in [5, 5.41) is 0.996. The van der Waals surface area contributed by atoms with E-state index in [9.17, 15) is 4.79 Å². The molecule has 0 amide bonds. The molecule has 0 saturated carbocycles. The maximum Gasteiger partial charge on any atom is 0.309 e. The third kappa shape index (κ3) is 1.51. The fourth-order valence-corrected chi connectivity index (χ4v) is 1.12. The number of ether oxygens (including phenoxy) is 1. The molecule has 0 spiro atoms. The Labute approximate surface area is 74.5 Å². The molecule has 2 rings (SSSR count). The van der Waals surface area contributed by atoms with Crippen molar-refractivity contribution >= 4 is 17.0 Å². The molecular formula is C9H8N2O2. The molecule has 0 aliphatic rings. The van der Waals surface area contributed by atoms with E-state index in [2.05, 4.69) is 9.97 Å². The molecule has 0 bridgehead atoms. The fraction of sp³-hybridized carbons (Fsp3) is 0.111. The van der Waals surface area contributed by atoms with Gasteiger partial charge in [-0.3, -0.25) is 4.79 Å². The van der Waals surface area contributed by atoms with E-state index in [1.165, 1.54) is 6.92 Å². The minimum absolute atomic E-state index is 0.322. The standard InChI is InChI=1S/C9H8N2O2/c1-6(12)13-8-3-2-7-4-5-10-9(7)11-8/h2-5H,1H3,(H,10,11). The highest BCUT2D eigenvalue weighted by atomic mass is 16.5. The number of esters is 1. The third-order valence-electron chi connectivity index (χ3n) is 1.63. The average molecular weight is 176 g/mol. The highest BCUT2D eigenvalue weighted by Gasteiger charge is 2.01. The van der Waals surface area contributed by atoms with Crippen molar-refractivity contribution in [3.05, 3.63) is 24.4 Å². The summed E-state index contributed by atoms with van der Waals surface area (Å²) in [6.07, 6.45) is 1.79. The Bertz CT molecular complexity index is 448. The van der Waals surface area contributed by atoms with Crippen LogP contribution in [0.25, 0.3) is 11.0 Å². The van der Waals surface area contributed by atoms with Crippen molar-refractivity contribution in [1.29, 1.82) is 0 Å². The number of H-pyrrole nitrogens is 1. The Hall–Kier alpha value is -1.84. The van der Waals surface area contributed by atoms with Crippen molar-refractivity contribution in [3.63, 3.8) is 0 Å². The van der Waals surface area contributed by atoms with Crippen LogP contribution in [0, 0.1) is 0 Å². The predicted molar refractivity (Wildman–Crippen MR) is 47.4 cm³/mol. The molecule has 2 heterocycles. The monoisotopic (exact) mass is 176 g/mol. The van der Waals surface area contributed by atoms with Gasteiger partial charge in [-0.05, 0) is 12.1 Å². The van der Waals surface area contributed by atoms with Gasteiger partial charge in [0, 0.05) is 24.6 Å². The van der Waals surface area contributed by atoms with Gasteiger partial charge in [-0.15, -0.1) is 0 Å². The molecule has 4 heteroatoms. The smallest absolute Gasteiger partial charge is 0.309 e. The summed E-state index contributed by atoms with van der Waals surface area (Å²) in [7, 11) is 0. The van der Waals surface area contributed by atoms with Crippen LogP contribution in [-0.4, -0.2) is 15.9 Å². The molecule has 2 aromatic rings. The lowest BCUT2D eigenvalue weighted by molar-refractivity contribution is -0.132. The Kier molecular flexibility index (Phi) is 1.73. The van der Waals surface area contributed by atoms with E-state index in [1.807, 2.05) is 12.1 Å². The number of carbonyl (C=O) groups is 1. The summed E-state index contributed by atoms with van der Waals surface area (Å²) in [5.74, 6) is -0.0409. The van der Waals surface area contributed by atoms with Crippen LogP contribution < -0.4 is 4.74 Å². The zero-order valence-electron chi connectivity index (χ0n) is 7.07. The van der Waals surface area contributed by atoms with Crippen molar-refractivity contribution < 1.29 is 9.53 Å². The Morgan fingerprint density at radius 2 is 2.31 bits per heavy atom. The second-order valence-electron chi connectivity index (χ2n) is 2.66. The summed E-state index contributed by atoms with van der Waals surface area (Å²) in [4.78, 5) is 17.6. The number of nitrogens with one attached hydrogen (secondary N) is 1. The molecule has 0 aromatic carbocycles. The van der Waals surface area contributed by atoms with E-state index in [4.69, 9.17) is 4.74 Å². The largest absolute Gasteiger partial charge is 0.408 e. The third-order valence-corrected chi connectivity index (χ3v) is 1.63. The van der Waals surface area contributed by atoms with Crippen molar-refractivity contribution in [2.24, 2.45) is 0 Å². The highest BCUT2D eigenvalue weighted by molar-refractivity contribution is 5.76. The Morgan fingerprint density at radius 1 is 1.46 bits per heavy atom. The molecule has 0 atom stereocenters. The van der Waals surface area contributed by atoms with Crippen molar-refractivity contribution in [3.8, 4) is 5.88 Å². The van der Waals surface area contributed by atoms with Crippen LogP contribution in [0.3, 0.4) is 0 Å². The zero-order chi connectivity index (χ0) is 9.26. The summed E-state index contributed by atoms with van der Waals surface area (Å²) >= 11 is 0. The first-order valence-electron chi connectivity index (χ1n) is 3.88. The number of rotatable bonds is 1. The number of fused-ring (bicyclic) bond motifs is 1. The number of carbonyl (C=O) groups excluding carboxylic acids is 1. The van der Waals surface area contributed by atoms with Gasteiger partial charge < -0.3 is 9.72 Å². The molecular weight excluding hydrogens is 168 g/mol. The van der Waals surface area contributed by atoms with E-state index in [1.54, 1.807) is 12.3 Å². The maximum absolute atomic E-state index is 10.6. The molecule has 13 heavy (non-hydrogen) atoms. The van der Waals surface area contributed by atoms with Crippen LogP contribution in [-0.2, 0) is 4.79 Å². The zero-order valence-corrected chi connectivity index (χ0v) is 7.07. The number of hydrogen-bond acceptors (Lipinski definition) is 3. The molecule has 4 nitrogen and oxygen atoms in total. The molecule has 66 valence electrons. The van der Waals surface area contributed by atoms with Crippen LogP contribution in [0.15, 0.2) is 24.4 Å². The van der Waals surface area contributed by atoms with Gasteiger partial charge in [-0.2, -0.15) is 4.98 Å². The van der Waals surface area contributed by atoms with Crippen LogP contribution in [0.1, 0.15) is 6.92 Å². The molecule has 0 aliphatic carbocycles. The predicted octanol–water partition coefficient (Wildman–Crippen LogP) is 1.49. The quantitative estimate of drug-likeness (QED) is 0.669. The highest BCUT2D eigenvalue weighted by Crippen LogP contribution is 2.14. The van der Waals surface area contributed by atoms with Gasteiger partial charge in [0.2, 0.25) is 5.88 Å². The number of nitrogens with zero attached hydrogens (tertiary/aromatic N) is 1. The van der Waals surface area contributed by atoms with Crippen LogP contribution >= 0.6 is 0 Å². The minimum Gasteiger partial charge on any atom is -0.408 e. The number of hydrogen-bond donors (Lipinski definition) is 1. The summed E-state index contributed by atoms with van der Waals surface area (Å²) in [5.41, 5.74) is 0.721. The number of aromatic nitrogens is 2. The fourth-order valence-electron chi connectivity index (χ4n) is 1.12. The van der Waals surface area contributed by atoms with E-state index in [0.717, 1.165) is 11.0 Å². The van der Waals surface area contributed by atoms with Crippen LogP contribution in [0.5, 0.6) is 5.88 Å². The van der Waals surface area contributed by atoms with Gasteiger partial charge in [-0.25, -0.2) is 0 Å². The normalized spacial score (nSPS) is 10.2. The molecule has 2 aromatic heterocycles. The van der Waals surface area contributed by atoms with Crippen LogP contribution in [0.2, 0.25) is 0 Å². The average Bonchev–Trinajstić information content (AvgIpc) is 2.49. The molecule has 0 saturated heterocycles. The second-order valence-corrected chi connectivity index (χ2v) is 2.66. The van der Waals surface area contributed by atoms with Crippen molar-refractivity contribution in [1.82, 2.24) is 9.97 Å². The van der Waals surface area contributed by atoms with Gasteiger partial charge in [0.1, 0.15) is 5.65 Å². The maximum atomic E-state index is 10.6. The summed E-state index contributed by atoms with van der Waals surface area (Å²) < 4.78 is 4.82. The van der Waals surface area contributed by atoms with E-state index < -0.39 is 0 Å². The van der Waals surface area contributed by atoms with E-state index in [-0.39, 0.29) is 5.97 Å². The topological polar surface area (TPSA) is 55.0 Å². The van der Waals surface area contributed by atoms with Gasteiger partial charge in [-0.1, -0.05) is 0 Å². The lowest BCUT2D eigenvalue weighted by atomic mass is 10.3. The lowest BCUT2D eigenvalue weighted by Gasteiger charge is -1.98. The SMILES string of the molecule is CC(=O)Oc1ccc2cc[nH]c2n1. The second kappa shape index (κ2) is 2.90. The molecule has 0 unspecified atom stereocenters. The first kappa shape index (κ1) is 7.79. The molecule has 0 radical (unpaired) electrons. The Morgan fingerprint density at radius 3 is 3.08 bits per heavy atom. The first-order valence-corrected chi connectivity index (χ1v) is 3.88. The van der Waals surface area contributed by atoms with Gasteiger partial charge >= 0.3 is 5.97 Å². The van der Waals surface area contributed by atoms with Gasteiger partial charge in [0.05, 0.1) is 0 Å². The minimum atomic E-state index is -0.363. The molecule has 0 aliphatic heterocycles. The molecule has 1 N–H and O–H groups in total. The lowest BCUT2D eigenvalue weighted by Crippen LogP contribution is -2.02.